The number of aromatic nitrogens is 1. The van der Waals surface area contributed by atoms with Crippen LogP contribution in [0.5, 0.6) is 0 Å². The van der Waals surface area contributed by atoms with Crippen LogP contribution in [0.2, 0.25) is 0 Å². The Morgan fingerprint density at radius 3 is 2.84 bits per heavy atom. The van der Waals surface area contributed by atoms with E-state index in [9.17, 15) is 0 Å². The van der Waals surface area contributed by atoms with Gasteiger partial charge in [-0.2, -0.15) is 0 Å². The van der Waals surface area contributed by atoms with Gasteiger partial charge in [0.25, 0.3) is 0 Å². The predicted molar refractivity (Wildman–Crippen MR) is 79.1 cm³/mol. The second kappa shape index (κ2) is 5.74. The van der Waals surface area contributed by atoms with Crippen molar-refractivity contribution < 1.29 is 0 Å². The summed E-state index contributed by atoms with van der Waals surface area (Å²) in [6.45, 7) is 6.41. The summed E-state index contributed by atoms with van der Waals surface area (Å²) in [6.07, 6.45) is 2.23. The lowest BCUT2D eigenvalue weighted by Gasteiger charge is -2.27. The summed E-state index contributed by atoms with van der Waals surface area (Å²) in [4.78, 5) is 2.46. The number of piperazine rings is 1. The summed E-state index contributed by atoms with van der Waals surface area (Å²) >= 11 is 0. The normalized spacial score (nSPS) is 17.1. The highest BCUT2D eigenvalue weighted by Gasteiger charge is 2.09. The molecule has 19 heavy (non-hydrogen) atoms. The molecule has 0 atom stereocenters. The van der Waals surface area contributed by atoms with Crippen molar-refractivity contribution in [3.8, 4) is 0 Å². The number of nitrogens with one attached hydrogen (secondary N) is 2. The number of fused-ring (bicyclic) bond motifs is 1. The molecule has 1 aliphatic rings. The second-order valence-corrected chi connectivity index (χ2v) is 5.24. The molecule has 1 saturated heterocycles. The standard InChI is InChI=1S/C15H22N4/c1-18-11-13(14-4-2-3-5-15(14)18)10-17-12-19-8-6-16-7-9-19/h2-5,11,16-17H,6-10,12H2,1H3. The highest BCUT2D eigenvalue weighted by molar-refractivity contribution is 5.83. The molecule has 1 aromatic heterocycles. The predicted octanol–water partition coefficient (Wildman–Crippen LogP) is 1.13. The third kappa shape index (κ3) is 2.81. The van der Waals surface area contributed by atoms with Crippen LogP contribution in [0.25, 0.3) is 10.9 Å². The maximum absolute atomic E-state index is 3.56. The Labute approximate surface area is 114 Å². The molecule has 0 spiro atoms. The average Bonchev–Trinajstić information content (AvgIpc) is 2.78. The van der Waals surface area contributed by atoms with Crippen molar-refractivity contribution in [2.75, 3.05) is 32.8 Å². The molecule has 3 rings (SSSR count). The van der Waals surface area contributed by atoms with Crippen LogP contribution in [0.3, 0.4) is 0 Å². The van der Waals surface area contributed by atoms with Crippen LogP contribution < -0.4 is 10.6 Å². The Bertz CT molecular complexity index is 540. The van der Waals surface area contributed by atoms with Crippen LogP contribution >= 0.6 is 0 Å². The van der Waals surface area contributed by atoms with Crippen LogP contribution in [0, 0.1) is 0 Å². The molecule has 4 heteroatoms. The van der Waals surface area contributed by atoms with Gasteiger partial charge in [-0.25, -0.2) is 0 Å². The Hall–Kier alpha value is -1.36. The number of para-hydroxylation sites is 1. The molecule has 2 aromatic rings. The lowest BCUT2D eigenvalue weighted by atomic mass is 10.2. The molecule has 102 valence electrons. The maximum atomic E-state index is 3.56. The Morgan fingerprint density at radius 2 is 2.00 bits per heavy atom. The number of hydrogen-bond acceptors (Lipinski definition) is 3. The van der Waals surface area contributed by atoms with Crippen LogP contribution in [0.4, 0.5) is 0 Å². The van der Waals surface area contributed by atoms with E-state index in [4.69, 9.17) is 0 Å². The van der Waals surface area contributed by atoms with E-state index in [0.717, 1.165) is 39.4 Å². The second-order valence-electron chi connectivity index (χ2n) is 5.24. The zero-order valence-corrected chi connectivity index (χ0v) is 11.5. The monoisotopic (exact) mass is 258 g/mol. The fourth-order valence-electron chi connectivity index (χ4n) is 2.78. The van der Waals surface area contributed by atoms with Gasteiger partial charge in [0.05, 0.1) is 0 Å². The molecule has 2 N–H and O–H groups in total. The van der Waals surface area contributed by atoms with Crippen molar-refractivity contribution in [3.05, 3.63) is 36.0 Å². The van der Waals surface area contributed by atoms with E-state index >= 15 is 0 Å². The molecule has 1 aliphatic heterocycles. The first kappa shape index (κ1) is 12.7. The first-order valence-corrected chi connectivity index (χ1v) is 7.01. The van der Waals surface area contributed by atoms with Gasteiger partial charge in [0.1, 0.15) is 0 Å². The van der Waals surface area contributed by atoms with E-state index in [1.165, 1.54) is 16.5 Å². The first-order chi connectivity index (χ1) is 9.34. The summed E-state index contributed by atoms with van der Waals surface area (Å²) < 4.78 is 2.21. The zero-order valence-electron chi connectivity index (χ0n) is 11.5. The van der Waals surface area contributed by atoms with Crippen molar-refractivity contribution >= 4 is 10.9 Å². The van der Waals surface area contributed by atoms with Crippen molar-refractivity contribution in [2.24, 2.45) is 7.05 Å². The smallest absolute Gasteiger partial charge is 0.0484 e. The third-order valence-corrected chi connectivity index (χ3v) is 3.84. The molecule has 0 radical (unpaired) electrons. The third-order valence-electron chi connectivity index (χ3n) is 3.84. The van der Waals surface area contributed by atoms with Gasteiger partial charge < -0.3 is 15.2 Å². The zero-order chi connectivity index (χ0) is 13.1. The van der Waals surface area contributed by atoms with Gasteiger partial charge in [0.15, 0.2) is 0 Å². The maximum Gasteiger partial charge on any atom is 0.0484 e. The van der Waals surface area contributed by atoms with Gasteiger partial charge in [0, 0.05) is 63.5 Å². The van der Waals surface area contributed by atoms with Crippen LogP contribution in [-0.4, -0.2) is 42.3 Å². The van der Waals surface area contributed by atoms with E-state index in [-0.39, 0.29) is 0 Å². The molecule has 0 unspecified atom stereocenters. The van der Waals surface area contributed by atoms with E-state index < -0.39 is 0 Å². The van der Waals surface area contributed by atoms with Crippen molar-refractivity contribution in [1.82, 2.24) is 20.1 Å². The minimum absolute atomic E-state index is 0.936. The molecule has 0 bridgehead atoms. The summed E-state index contributed by atoms with van der Waals surface area (Å²) in [5.41, 5.74) is 2.69. The SMILES string of the molecule is Cn1cc(CNCN2CCNCC2)c2ccccc21. The fourth-order valence-corrected chi connectivity index (χ4v) is 2.78. The fraction of sp³-hybridized carbons (Fsp3) is 0.467. The Balaban J connectivity index is 1.62. The van der Waals surface area contributed by atoms with E-state index in [1.54, 1.807) is 0 Å². The number of nitrogens with zero attached hydrogens (tertiary/aromatic N) is 2. The molecular formula is C15H22N4. The van der Waals surface area contributed by atoms with Crippen LogP contribution in [0.1, 0.15) is 5.56 Å². The average molecular weight is 258 g/mol. The summed E-state index contributed by atoms with van der Waals surface area (Å²) in [7, 11) is 2.11. The van der Waals surface area contributed by atoms with Gasteiger partial charge in [-0.3, -0.25) is 4.90 Å². The Kier molecular flexibility index (Phi) is 3.82. The minimum atomic E-state index is 0.936. The highest BCUT2D eigenvalue weighted by Crippen LogP contribution is 2.19. The summed E-state index contributed by atoms with van der Waals surface area (Å²) in [5, 5.41) is 8.30. The molecular weight excluding hydrogens is 236 g/mol. The topological polar surface area (TPSA) is 32.2 Å². The summed E-state index contributed by atoms with van der Waals surface area (Å²) in [5.74, 6) is 0. The molecule has 4 nitrogen and oxygen atoms in total. The molecule has 0 saturated carbocycles. The molecule has 1 fully saturated rings. The first-order valence-electron chi connectivity index (χ1n) is 7.01. The number of aryl methyl sites for hydroxylation is 1. The van der Waals surface area contributed by atoms with E-state index in [2.05, 4.69) is 57.6 Å². The van der Waals surface area contributed by atoms with Crippen molar-refractivity contribution in [2.45, 2.75) is 6.54 Å². The van der Waals surface area contributed by atoms with Crippen LogP contribution in [-0.2, 0) is 13.6 Å². The van der Waals surface area contributed by atoms with Gasteiger partial charge in [-0.1, -0.05) is 18.2 Å². The lowest BCUT2D eigenvalue weighted by Crippen LogP contribution is -2.46. The van der Waals surface area contributed by atoms with Gasteiger partial charge in [-0.15, -0.1) is 0 Å². The molecule has 2 heterocycles. The van der Waals surface area contributed by atoms with Crippen LogP contribution in [0.15, 0.2) is 30.5 Å². The van der Waals surface area contributed by atoms with Gasteiger partial charge in [-0.05, 0) is 11.6 Å². The van der Waals surface area contributed by atoms with Gasteiger partial charge >= 0.3 is 0 Å². The quantitative estimate of drug-likeness (QED) is 0.862. The van der Waals surface area contributed by atoms with Crippen molar-refractivity contribution in [3.63, 3.8) is 0 Å². The largest absolute Gasteiger partial charge is 0.350 e. The highest BCUT2D eigenvalue weighted by atomic mass is 15.3. The minimum Gasteiger partial charge on any atom is -0.350 e. The van der Waals surface area contributed by atoms with Crippen molar-refractivity contribution in [1.29, 1.82) is 0 Å². The summed E-state index contributed by atoms with van der Waals surface area (Å²) in [6, 6.07) is 8.59. The number of hydrogen-bond donors (Lipinski definition) is 2. The van der Waals surface area contributed by atoms with E-state index in [1.807, 2.05) is 0 Å². The lowest BCUT2D eigenvalue weighted by molar-refractivity contribution is 0.223. The number of benzene rings is 1. The van der Waals surface area contributed by atoms with E-state index in [0.29, 0.717) is 0 Å². The Morgan fingerprint density at radius 1 is 1.21 bits per heavy atom. The van der Waals surface area contributed by atoms with Gasteiger partial charge in [0.2, 0.25) is 0 Å². The molecule has 0 amide bonds. The number of rotatable bonds is 4. The molecule has 1 aromatic carbocycles. The molecule has 0 aliphatic carbocycles.